The van der Waals surface area contributed by atoms with E-state index in [0.717, 1.165) is 0 Å². The Morgan fingerprint density at radius 1 is 0.621 bits per heavy atom. The molecule has 0 saturated carbocycles. The molecule has 0 bridgehead atoms. The lowest BCUT2D eigenvalue weighted by Crippen LogP contribution is -2.53. The summed E-state index contributed by atoms with van der Waals surface area (Å²) in [6.45, 7) is 29.4. The maximum Gasteiger partial charge on any atom is 0.498 e. The molecule has 0 atom stereocenters. The lowest BCUT2D eigenvalue weighted by atomic mass is 9.90. The van der Waals surface area contributed by atoms with Gasteiger partial charge in [0.25, 0.3) is 0 Å². The second-order valence-corrected chi connectivity index (χ2v) is 15.8. The third-order valence-electron chi connectivity index (χ3n) is 4.89. The Kier molecular flexibility index (Phi) is 8.33. The first-order valence-corrected chi connectivity index (χ1v) is 12.9. The Balaban J connectivity index is 3.15. The fourth-order valence-corrected chi connectivity index (χ4v) is 5.67. The smallest absolute Gasteiger partial charge is 0.403 e. The number of hydrogen-bond donors (Lipinski definition) is 0. The molecule has 1 rings (SSSR count). The van der Waals surface area contributed by atoms with Gasteiger partial charge in [-0.15, -0.1) is 0 Å². The minimum Gasteiger partial charge on any atom is -0.403 e. The van der Waals surface area contributed by atoms with Gasteiger partial charge in [-0.05, 0) is 43.9 Å². The summed E-state index contributed by atoms with van der Waals surface area (Å²) in [5.41, 5.74) is -0.773. The molecule has 0 aliphatic carbocycles. The van der Waals surface area contributed by atoms with E-state index in [1.165, 1.54) is 0 Å². The maximum atomic E-state index is 6.52. The van der Waals surface area contributed by atoms with E-state index >= 15 is 0 Å². The molecular weight excluding hydrogens is 383 g/mol. The summed E-state index contributed by atoms with van der Waals surface area (Å²) in [6, 6.07) is 0. The Labute approximate surface area is 182 Å². The molecule has 1 aliphatic rings. The van der Waals surface area contributed by atoms with Crippen LogP contribution < -0.4 is 0 Å². The van der Waals surface area contributed by atoms with E-state index in [2.05, 4.69) is 90.0 Å². The van der Waals surface area contributed by atoms with Crippen LogP contribution in [0.1, 0.15) is 90.0 Å². The monoisotopic (exact) mass is 430 g/mol. The first-order valence-electron chi connectivity index (χ1n) is 10.9. The molecule has 0 spiro atoms. The Morgan fingerprint density at radius 2 is 0.897 bits per heavy atom. The number of hydrogen-bond acceptors (Lipinski definition) is 5. The van der Waals surface area contributed by atoms with Crippen molar-refractivity contribution in [2.24, 2.45) is 16.2 Å². The first-order chi connectivity index (χ1) is 12.7. The largest absolute Gasteiger partial charge is 0.498 e. The van der Waals surface area contributed by atoms with Gasteiger partial charge in [-0.25, -0.2) is 0 Å². The molecule has 5 nitrogen and oxygen atoms in total. The van der Waals surface area contributed by atoms with Crippen LogP contribution in [0.3, 0.4) is 0 Å². The van der Waals surface area contributed by atoms with Crippen molar-refractivity contribution in [3.8, 4) is 0 Å². The van der Waals surface area contributed by atoms with Crippen molar-refractivity contribution < 1.29 is 22.6 Å². The van der Waals surface area contributed by atoms with Gasteiger partial charge in [0.1, 0.15) is 0 Å². The molecule has 29 heavy (non-hydrogen) atoms. The van der Waals surface area contributed by atoms with Gasteiger partial charge in [-0.3, -0.25) is 0 Å². The average molecular weight is 431 g/mol. The molecular formula is C22H47BO5Si. The minimum atomic E-state index is -3.06. The fraction of sp³-hybridized carbons (Fsp3) is 1.00. The summed E-state index contributed by atoms with van der Waals surface area (Å²) in [5, 5.41) is 0. The molecule has 0 N–H and O–H groups in total. The molecule has 7 heteroatoms. The SMILES string of the molecule is CC(C)(C)CO[Si](CB1OC(C)(C)C(C)(C)O1)(OCC(C)(C)C)OCC(C)(C)C. The van der Waals surface area contributed by atoms with Gasteiger partial charge in [0.05, 0.1) is 17.1 Å². The van der Waals surface area contributed by atoms with Gasteiger partial charge in [-0.1, -0.05) is 62.3 Å². The molecule has 172 valence electrons. The third kappa shape index (κ3) is 9.40. The van der Waals surface area contributed by atoms with Crippen LogP contribution in [0.2, 0.25) is 5.94 Å². The van der Waals surface area contributed by atoms with E-state index in [1.807, 2.05) is 0 Å². The van der Waals surface area contributed by atoms with Crippen molar-refractivity contribution in [1.82, 2.24) is 0 Å². The van der Waals surface area contributed by atoms with Gasteiger partial charge >= 0.3 is 15.9 Å². The predicted molar refractivity (Wildman–Crippen MR) is 123 cm³/mol. The fourth-order valence-electron chi connectivity index (χ4n) is 2.53. The minimum absolute atomic E-state index is 0.00433. The first kappa shape index (κ1) is 27.1. The highest BCUT2D eigenvalue weighted by atomic mass is 28.4. The molecule has 0 aromatic rings. The van der Waals surface area contributed by atoms with Crippen molar-refractivity contribution in [1.29, 1.82) is 0 Å². The van der Waals surface area contributed by atoms with E-state index in [1.54, 1.807) is 0 Å². The zero-order valence-corrected chi connectivity index (χ0v) is 22.4. The van der Waals surface area contributed by atoms with Crippen LogP contribution in [-0.2, 0) is 22.6 Å². The summed E-state index contributed by atoms with van der Waals surface area (Å²) in [4.78, 5) is 0. The van der Waals surface area contributed by atoms with Crippen molar-refractivity contribution in [2.45, 2.75) is 107 Å². The van der Waals surface area contributed by atoms with E-state index in [0.29, 0.717) is 25.8 Å². The van der Waals surface area contributed by atoms with Crippen LogP contribution in [-0.4, -0.2) is 46.9 Å². The molecule has 0 aromatic heterocycles. The summed E-state index contributed by atoms with van der Waals surface area (Å²) >= 11 is 0. The lowest BCUT2D eigenvalue weighted by Gasteiger charge is -2.36. The summed E-state index contributed by atoms with van der Waals surface area (Å²) in [7, 11) is -3.48. The second-order valence-electron chi connectivity index (χ2n) is 13.1. The van der Waals surface area contributed by atoms with Crippen molar-refractivity contribution >= 4 is 15.9 Å². The maximum absolute atomic E-state index is 6.52. The highest BCUT2D eigenvalue weighted by Gasteiger charge is 2.57. The van der Waals surface area contributed by atoms with Crippen molar-refractivity contribution in [2.75, 3.05) is 19.8 Å². The lowest BCUT2D eigenvalue weighted by molar-refractivity contribution is 0.00566. The summed E-state index contributed by atoms with van der Waals surface area (Å²) in [5.74, 6) is 0.488. The summed E-state index contributed by atoms with van der Waals surface area (Å²) in [6.07, 6.45) is 0. The zero-order chi connectivity index (χ0) is 22.9. The van der Waals surface area contributed by atoms with Gasteiger partial charge in [0.15, 0.2) is 0 Å². The highest BCUT2D eigenvalue weighted by molar-refractivity contribution is 6.74. The highest BCUT2D eigenvalue weighted by Crippen LogP contribution is 2.40. The van der Waals surface area contributed by atoms with Gasteiger partial charge in [0.2, 0.25) is 0 Å². The Hall–Kier alpha value is 0.0818. The number of rotatable bonds is 8. The van der Waals surface area contributed by atoms with E-state index in [-0.39, 0.29) is 16.2 Å². The molecule has 1 fully saturated rings. The van der Waals surface area contributed by atoms with Gasteiger partial charge in [0, 0.05) is 19.8 Å². The van der Waals surface area contributed by atoms with E-state index < -0.39 is 27.1 Å². The predicted octanol–water partition coefficient (Wildman–Crippen LogP) is 5.74. The molecule has 1 aliphatic heterocycles. The Bertz CT molecular complexity index is 467. The molecule has 1 heterocycles. The van der Waals surface area contributed by atoms with Crippen LogP contribution in [0.5, 0.6) is 0 Å². The quantitative estimate of drug-likeness (QED) is 0.459. The van der Waals surface area contributed by atoms with Gasteiger partial charge in [-0.2, -0.15) is 0 Å². The topological polar surface area (TPSA) is 46.2 Å². The van der Waals surface area contributed by atoms with Crippen LogP contribution in [0.4, 0.5) is 0 Å². The van der Waals surface area contributed by atoms with Crippen LogP contribution >= 0.6 is 0 Å². The van der Waals surface area contributed by atoms with Gasteiger partial charge < -0.3 is 22.6 Å². The molecule has 0 aromatic carbocycles. The summed E-state index contributed by atoms with van der Waals surface area (Å²) < 4.78 is 32.1. The van der Waals surface area contributed by atoms with Crippen molar-refractivity contribution in [3.05, 3.63) is 0 Å². The van der Waals surface area contributed by atoms with E-state index in [4.69, 9.17) is 22.6 Å². The normalized spacial score (nSPS) is 20.4. The zero-order valence-electron chi connectivity index (χ0n) is 21.4. The third-order valence-corrected chi connectivity index (χ3v) is 7.48. The van der Waals surface area contributed by atoms with Crippen LogP contribution in [0, 0.1) is 16.2 Å². The molecule has 0 radical (unpaired) electrons. The average Bonchev–Trinajstić information content (AvgIpc) is 2.65. The van der Waals surface area contributed by atoms with Crippen LogP contribution in [0.25, 0.3) is 0 Å². The van der Waals surface area contributed by atoms with Crippen molar-refractivity contribution in [3.63, 3.8) is 0 Å². The van der Waals surface area contributed by atoms with Crippen LogP contribution in [0.15, 0.2) is 0 Å². The van der Waals surface area contributed by atoms with E-state index in [9.17, 15) is 0 Å². The molecule has 0 unspecified atom stereocenters. The molecule has 1 saturated heterocycles. The standard InChI is InChI=1S/C22H47BO5Si/c1-18(2,3)14-24-29(25-15-19(4,5)6,26-16-20(7,8)9)17-23-27-21(10,11)22(12,13)28-23/h14-17H2,1-13H3. The Morgan fingerprint density at radius 3 is 1.14 bits per heavy atom. The molecule has 0 amide bonds. The second kappa shape index (κ2) is 8.91.